The monoisotopic (exact) mass is 271 g/mol. The van der Waals surface area contributed by atoms with Gasteiger partial charge in [0.15, 0.2) is 5.13 Å². The second-order valence-electron chi connectivity index (χ2n) is 4.14. The van der Waals surface area contributed by atoms with E-state index >= 15 is 0 Å². The van der Waals surface area contributed by atoms with Crippen LogP contribution in [0.2, 0.25) is 0 Å². The van der Waals surface area contributed by atoms with Gasteiger partial charge in [0.2, 0.25) is 0 Å². The van der Waals surface area contributed by atoms with Crippen molar-refractivity contribution in [2.45, 2.75) is 39.2 Å². The number of carboxylic acids is 1. The molecule has 1 aromatic heterocycles. The summed E-state index contributed by atoms with van der Waals surface area (Å²) in [6, 6.07) is -0.212. The minimum absolute atomic E-state index is 0.0694. The van der Waals surface area contributed by atoms with E-state index in [1.54, 1.807) is 0 Å². The van der Waals surface area contributed by atoms with E-state index in [9.17, 15) is 9.59 Å². The number of urea groups is 1. The second kappa shape index (κ2) is 6.95. The van der Waals surface area contributed by atoms with E-state index in [2.05, 4.69) is 15.6 Å². The summed E-state index contributed by atoms with van der Waals surface area (Å²) in [7, 11) is 0. The van der Waals surface area contributed by atoms with Gasteiger partial charge in [-0.05, 0) is 26.7 Å². The van der Waals surface area contributed by atoms with Gasteiger partial charge in [-0.25, -0.2) is 9.78 Å². The van der Waals surface area contributed by atoms with E-state index in [0.29, 0.717) is 18.0 Å². The lowest BCUT2D eigenvalue weighted by molar-refractivity contribution is -0.137. The highest BCUT2D eigenvalue weighted by molar-refractivity contribution is 7.13. The summed E-state index contributed by atoms with van der Waals surface area (Å²) < 4.78 is 0. The maximum Gasteiger partial charge on any atom is 0.321 e. The van der Waals surface area contributed by atoms with Gasteiger partial charge >= 0.3 is 12.0 Å². The van der Waals surface area contributed by atoms with Gasteiger partial charge in [0, 0.05) is 17.8 Å². The number of amides is 2. The van der Waals surface area contributed by atoms with Crippen molar-refractivity contribution in [3.05, 3.63) is 11.1 Å². The molecule has 0 aromatic carbocycles. The Balaban J connectivity index is 2.38. The molecule has 0 radical (unpaired) electrons. The Kier molecular flexibility index (Phi) is 5.57. The maximum absolute atomic E-state index is 11.4. The van der Waals surface area contributed by atoms with Gasteiger partial charge in [0.05, 0.1) is 5.69 Å². The van der Waals surface area contributed by atoms with Gasteiger partial charge < -0.3 is 10.4 Å². The van der Waals surface area contributed by atoms with Crippen molar-refractivity contribution in [3.63, 3.8) is 0 Å². The van der Waals surface area contributed by atoms with Crippen LogP contribution in [0.15, 0.2) is 5.38 Å². The standard InChI is InChI=1S/C11H17N3O3S/c1-7(2)12-10(17)14-11-13-8(6-18-11)4-3-5-9(15)16/h6-7H,3-5H2,1-2H3,(H,15,16)(H2,12,13,14,17). The molecule has 0 bridgehead atoms. The smallest absolute Gasteiger partial charge is 0.321 e. The number of carbonyl (C=O) groups excluding carboxylic acids is 1. The number of hydrogen-bond donors (Lipinski definition) is 3. The lowest BCUT2D eigenvalue weighted by Gasteiger charge is -2.07. The molecule has 0 aliphatic heterocycles. The van der Waals surface area contributed by atoms with Crippen LogP contribution in [0.25, 0.3) is 0 Å². The third-order valence-corrected chi connectivity index (χ3v) is 2.82. The predicted molar refractivity (Wildman–Crippen MR) is 70.0 cm³/mol. The lowest BCUT2D eigenvalue weighted by Crippen LogP contribution is -2.34. The maximum atomic E-state index is 11.4. The number of aliphatic carboxylic acids is 1. The summed E-state index contributed by atoms with van der Waals surface area (Å²) in [5, 5.41) is 16.2. The van der Waals surface area contributed by atoms with Crippen LogP contribution in [0.4, 0.5) is 9.93 Å². The summed E-state index contributed by atoms with van der Waals surface area (Å²) in [5.74, 6) is -0.806. The molecule has 6 nitrogen and oxygen atoms in total. The number of thiazole rings is 1. The fourth-order valence-corrected chi connectivity index (χ4v) is 2.04. The molecule has 0 aliphatic rings. The van der Waals surface area contributed by atoms with Crippen molar-refractivity contribution in [1.82, 2.24) is 10.3 Å². The minimum atomic E-state index is -0.806. The van der Waals surface area contributed by atoms with Gasteiger partial charge in [-0.2, -0.15) is 0 Å². The van der Waals surface area contributed by atoms with Crippen LogP contribution < -0.4 is 10.6 Å². The van der Waals surface area contributed by atoms with Crippen LogP contribution in [0, 0.1) is 0 Å². The minimum Gasteiger partial charge on any atom is -0.481 e. The van der Waals surface area contributed by atoms with E-state index in [4.69, 9.17) is 5.11 Å². The van der Waals surface area contributed by atoms with Crippen molar-refractivity contribution in [2.75, 3.05) is 5.32 Å². The van der Waals surface area contributed by atoms with Crippen LogP contribution in [0.1, 0.15) is 32.4 Å². The Morgan fingerprint density at radius 2 is 2.22 bits per heavy atom. The quantitative estimate of drug-likeness (QED) is 0.738. The van der Waals surface area contributed by atoms with E-state index in [1.165, 1.54) is 11.3 Å². The first-order valence-electron chi connectivity index (χ1n) is 5.71. The van der Waals surface area contributed by atoms with E-state index in [0.717, 1.165) is 5.69 Å². The molecule has 0 saturated heterocycles. The first-order valence-corrected chi connectivity index (χ1v) is 6.59. The number of rotatable bonds is 6. The molecule has 0 spiro atoms. The van der Waals surface area contributed by atoms with Gasteiger partial charge in [-0.15, -0.1) is 11.3 Å². The highest BCUT2D eigenvalue weighted by Gasteiger charge is 2.07. The molecule has 7 heteroatoms. The molecule has 0 unspecified atom stereocenters. The molecule has 0 fully saturated rings. The average molecular weight is 271 g/mol. The van der Waals surface area contributed by atoms with Gasteiger partial charge in [-0.3, -0.25) is 10.1 Å². The Bertz CT molecular complexity index is 417. The number of hydrogen-bond acceptors (Lipinski definition) is 4. The highest BCUT2D eigenvalue weighted by Crippen LogP contribution is 2.16. The molecule has 2 amide bonds. The number of anilines is 1. The predicted octanol–water partition coefficient (Wildman–Crippen LogP) is 2.08. The Labute approximate surface area is 109 Å². The molecule has 0 atom stereocenters. The number of carboxylic acid groups (broad SMARTS) is 1. The topological polar surface area (TPSA) is 91.3 Å². The average Bonchev–Trinajstić information content (AvgIpc) is 2.63. The van der Waals surface area contributed by atoms with Gasteiger partial charge in [0.1, 0.15) is 0 Å². The van der Waals surface area contributed by atoms with Crippen molar-refractivity contribution in [1.29, 1.82) is 0 Å². The molecule has 1 rings (SSSR count). The molecular weight excluding hydrogens is 254 g/mol. The Hall–Kier alpha value is -1.63. The molecule has 1 aromatic rings. The zero-order valence-electron chi connectivity index (χ0n) is 10.4. The highest BCUT2D eigenvalue weighted by atomic mass is 32.1. The number of nitrogens with zero attached hydrogens (tertiary/aromatic N) is 1. The first kappa shape index (κ1) is 14.4. The zero-order chi connectivity index (χ0) is 13.5. The Morgan fingerprint density at radius 3 is 2.83 bits per heavy atom. The largest absolute Gasteiger partial charge is 0.481 e. The zero-order valence-corrected chi connectivity index (χ0v) is 11.2. The summed E-state index contributed by atoms with van der Waals surface area (Å²) in [5.41, 5.74) is 0.807. The van der Waals surface area contributed by atoms with Crippen LogP contribution in [0.3, 0.4) is 0 Å². The summed E-state index contributed by atoms with van der Waals surface area (Å²) in [6.07, 6.45) is 1.29. The molecular formula is C11H17N3O3S. The SMILES string of the molecule is CC(C)NC(=O)Nc1nc(CCCC(=O)O)cs1. The van der Waals surface area contributed by atoms with Crippen molar-refractivity contribution >= 4 is 28.5 Å². The molecule has 3 N–H and O–H groups in total. The van der Waals surface area contributed by atoms with Crippen LogP contribution in [-0.2, 0) is 11.2 Å². The molecule has 18 heavy (non-hydrogen) atoms. The second-order valence-corrected chi connectivity index (χ2v) is 5.00. The number of aromatic nitrogens is 1. The summed E-state index contributed by atoms with van der Waals surface area (Å²) in [6.45, 7) is 3.75. The fraction of sp³-hybridized carbons (Fsp3) is 0.545. The first-order chi connectivity index (χ1) is 8.47. The molecule has 0 saturated carbocycles. The summed E-state index contributed by atoms with van der Waals surface area (Å²) >= 11 is 1.33. The molecule has 100 valence electrons. The Morgan fingerprint density at radius 1 is 1.50 bits per heavy atom. The number of nitrogens with one attached hydrogen (secondary N) is 2. The van der Waals surface area contributed by atoms with Crippen molar-refractivity contribution in [2.24, 2.45) is 0 Å². The lowest BCUT2D eigenvalue weighted by atomic mass is 10.2. The fourth-order valence-electron chi connectivity index (χ4n) is 1.30. The summed E-state index contributed by atoms with van der Waals surface area (Å²) in [4.78, 5) is 26.0. The van der Waals surface area contributed by atoms with Crippen molar-refractivity contribution < 1.29 is 14.7 Å². The van der Waals surface area contributed by atoms with Crippen molar-refractivity contribution in [3.8, 4) is 0 Å². The third kappa shape index (κ3) is 5.62. The van der Waals surface area contributed by atoms with Gasteiger partial charge in [-0.1, -0.05) is 0 Å². The van der Waals surface area contributed by atoms with Gasteiger partial charge in [0.25, 0.3) is 0 Å². The van der Waals surface area contributed by atoms with E-state index in [-0.39, 0.29) is 18.5 Å². The van der Waals surface area contributed by atoms with Crippen LogP contribution >= 0.6 is 11.3 Å². The molecule has 0 aliphatic carbocycles. The molecule has 1 heterocycles. The van der Waals surface area contributed by atoms with E-state index < -0.39 is 5.97 Å². The third-order valence-electron chi connectivity index (χ3n) is 2.02. The van der Waals surface area contributed by atoms with Crippen LogP contribution in [0.5, 0.6) is 0 Å². The number of aryl methyl sites for hydroxylation is 1. The normalized spacial score (nSPS) is 10.4. The van der Waals surface area contributed by atoms with Crippen LogP contribution in [-0.4, -0.2) is 28.1 Å². The van der Waals surface area contributed by atoms with E-state index in [1.807, 2.05) is 19.2 Å². The number of carbonyl (C=O) groups is 2.